The summed E-state index contributed by atoms with van der Waals surface area (Å²) in [5, 5.41) is 0. The summed E-state index contributed by atoms with van der Waals surface area (Å²) in [6.45, 7) is 1.40. The van der Waals surface area contributed by atoms with Crippen molar-refractivity contribution in [2.45, 2.75) is 38.5 Å². The monoisotopic (exact) mass is 316 g/mol. The number of rotatable bonds is 9. The van der Waals surface area contributed by atoms with Crippen molar-refractivity contribution in [2.75, 3.05) is 20.1 Å². The minimum atomic E-state index is -0.226. The van der Waals surface area contributed by atoms with Crippen LogP contribution in [0.4, 0.5) is 4.39 Å². The van der Waals surface area contributed by atoms with Crippen LogP contribution in [0.15, 0.2) is 24.3 Å². The third-order valence-electron chi connectivity index (χ3n) is 3.42. The Morgan fingerprint density at radius 3 is 2.38 bits per heavy atom. The van der Waals surface area contributed by atoms with E-state index in [1.54, 1.807) is 17.0 Å². The number of hydrogen-bond donors (Lipinski definition) is 1. The highest BCUT2D eigenvalue weighted by Gasteiger charge is 2.08. The molecule has 0 atom stereocenters. The normalized spacial score (nSPS) is 10.0. The zero-order valence-corrected chi connectivity index (χ0v) is 13.5. The van der Waals surface area contributed by atoms with E-state index in [0.29, 0.717) is 13.0 Å². The number of benzene rings is 1. The summed E-state index contributed by atoms with van der Waals surface area (Å²) in [6.07, 6.45) is 5.49. The summed E-state index contributed by atoms with van der Waals surface area (Å²) in [5.74, 6) is -0.0458. The van der Waals surface area contributed by atoms with Gasteiger partial charge in [0.1, 0.15) is 5.82 Å². The van der Waals surface area contributed by atoms with E-state index in [1.807, 2.05) is 7.05 Å². The number of carbonyl (C=O) groups excluding carboxylic acids is 1. The Hall–Kier alpha value is -1.13. The summed E-state index contributed by atoms with van der Waals surface area (Å²) < 4.78 is 12.8. The number of unbranched alkanes of at least 4 members (excludes halogenated alkanes) is 3. The molecule has 0 fully saturated rings. The van der Waals surface area contributed by atoms with Gasteiger partial charge in [0.2, 0.25) is 5.91 Å². The zero-order valence-electron chi connectivity index (χ0n) is 12.7. The number of likely N-dealkylation sites (N-methyl/N-ethyl adjacent to an activating group) is 1. The molecule has 0 heterocycles. The van der Waals surface area contributed by atoms with Gasteiger partial charge in [-0.3, -0.25) is 4.79 Å². The second-order valence-corrected chi connectivity index (χ2v) is 5.14. The third kappa shape index (κ3) is 8.68. The van der Waals surface area contributed by atoms with Gasteiger partial charge in [0.05, 0.1) is 0 Å². The minimum absolute atomic E-state index is 0. The Balaban J connectivity index is 0.00000400. The molecule has 0 aromatic heterocycles. The van der Waals surface area contributed by atoms with Crippen LogP contribution >= 0.6 is 12.4 Å². The molecule has 0 radical (unpaired) electrons. The van der Waals surface area contributed by atoms with Crippen LogP contribution < -0.4 is 5.73 Å². The van der Waals surface area contributed by atoms with Crippen molar-refractivity contribution in [1.82, 2.24) is 4.90 Å². The van der Waals surface area contributed by atoms with Crippen molar-refractivity contribution in [2.24, 2.45) is 5.73 Å². The maximum absolute atomic E-state index is 12.8. The molecular weight excluding hydrogens is 291 g/mol. The summed E-state index contributed by atoms with van der Waals surface area (Å²) in [7, 11) is 1.83. The average Bonchev–Trinajstić information content (AvgIpc) is 2.46. The lowest BCUT2D eigenvalue weighted by Gasteiger charge is -2.17. The molecule has 120 valence electrons. The van der Waals surface area contributed by atoms with Gasteiger partial charge >= 0.3 is 0 Å². The van der Waals surface area contributed by atoms with Gasteiger partial charge in [-0.2, -0.15) is 0 Å². The van der Waals surface area contributed by atoms with Gasteiger partial charge in [0.25, 0.3) is 0 Å². The first-order valence-corrected chi connectivity index (χ1v) is 7.32. The third-order valence-corrected chi connectivity index (χ3v) is 3.42. The number of halogens is 2. The fourth-order valence-corrected chi connectivity index (χ4v) is 2.04. The summed E-state index contributed by atoms with van der Waals surface area (Å²) in [6, 6.07) is 6.43. The summed E-state index contributed by atoms with van der Waals surface area (Å²) in [5.41, 5.74) is 6.47. The number of carbonyl (C=O) groups is 1. The van der Waals surface area contributed by atoms with E-state index in [0.717, 1.165) is 44.2 Å². The molecule has 0 aliphatic rings. The van der Waals surface area contributed by atoms with Crippen molar-refractivity contribution >= 4 is 18.3 Å². The van der Waals surface area contributed by atoms with E-state index in [2.05, 4.69) is 0 Å². The molecule has 21 heavy (non-hydrogen) atoms. The molecule has 0 saturated heterocycles. The Morgan fingerprint density at radius 1 is 1.14 bits per heavy atom. The molecule has 0 aliphatic heterocycles. The molecule has 1 aromatic carbocycles. The first-order chi connectivity index (χ1) is 9.63. The molecule has 0 bridgehead atoms. The zero-order chi connectivity index (χ0) is 14.8. The average molecular weight is 317 g/mol. The van der Waals surface area contributed by atoms with Crippen molar-refractivity contribution in [3.63, 3.8) is 0 Å². The van der Waals surface area contributed by atoms with Crippen LogP contribution in [0, 0.1) is 5.82 Å². The van der Waals surface area contributed by atoms with E-state index in [4.69, 9.17) is 5.73 Å². The fourth-order valence-electron chi connectivity index (χ4n) is 2.04. The summed E-state index contributed by atoms with van der Waals surface area (Å²) >= 11 is 0. The quantitative estimate of drug-likeness (QED) is 0.711. The van der Waals surface area contributed by atoms with Crippen LogP contribution in [-0.2, 0) is 11.2 Å². The highest BCUT2D eigenvalue weighted by molar-refractivity contribution is 5.85. The topological polar surface area (TPSA) is 46.3 Å². The van der Waals surface area contributed by atoms with Gasteiger partial charge in [0.15, 0.2) is 0 Å². The van der Waals surface area contributed by atoms with E-state index < -0.39 is 0 Å². The number of amides is 1. The Kier molecular flexibility index (Phi) is 10.9. The van der Waals surface area contributed by atoms with Gasteiger partial charge in [-0.1, -0.05) is 25.0 Å². The molecule has 0 unspecified atom stereocenters. The largest absolute Gasteiger partial charge is 0.345 e. The van der Waals surface area contributed by atoms with Gasteiger partial charge in [-0.15, -0.1) is 12.4 Å². The SMILES string of the molecule is CN(CCc1ccc(F)cc1)C(=O)CCCCCCN.Cl. The molecule has 0 aliphatic carbocycles. The molecule has 0 spiro atoms. The summed E-state index contributed by atoms with van der Waals surface area (Å²) in [4.78, 5) is 13.6. The standard InChI is InChI=1S/C16H25FN2O.ClH/c1-19(16(20)6-4-2-3-5-12-18)13-11-14-7-9-15(17)10-8-14;/h7-10H,2-6,11-13,18H2,1H3;1H. The second-order valence-electron chi connectivity index (χ2n) is 5.14. The first kappa shape index (κ1) is 19.9. The van der Waals surface area contributed by atoms with Gasteiger partial charge < -0.3 is 10.6 Å². The number of nitrogens with zero attached hydrogens (tertiary/aromatic N) is 1. The van der Waals surface area contributed by atoms with E-state index >= 15 is 0 Å². The van der Waals surface area contributed by atoms with Crippen LogP contribution in [0.1, 0.15) is 37.7 Å². The highest BCUT2D eigenvalue weighted by atomic mass is 35.5. The lowest BCUT2D eigenvalue weighted by Crippen LogP contribution is -2.28. The highest BCUT2D eigenvalue weighted by Crippen LogP contribution is 2.07. The molecule has 2 N–H and O–H groups in total. The van der Waals surface area contributed by atoms with Crippen molar-refractivity contribution in [1.29, 1.82) is 0 Å². The van der Waals surface area contributed by atoms with Crippen LogP contribution in [0.3, 0.4) is 0 Å². The molecule has 1 rings (SSSR count). The number of hydrogen-bond acceptors (Lipinski definition) is 2. The molecule has 0 saturated carbocycles. The Morgan fingerprint density at radius 2 is 1.76 bits per heavy atom. The number of nitrogens with two attached hydrogens (primary N) is 1. The molecule has 1 amide bonds. The van der Waals surface area contributed by atoms with Crippen molar-refractivity contribution < 1.29 is 9.18 Å². The van der Waals surface area contributed by atoms with Crippen LogP contribution in [0.25, 0.3) is 0 Å². The van der Waals surface area contributed by atoms with Crippen LogP contribution in [-0.4, -0.2) is 30.9 Å². The van der Waals surface area contributed by atoms with Crippen molar-refractivity contribution in [3.8, 4) is 0 Å². The predicted octanol–water partition coefficient (Wildman–Crippen LogP) is 3.16. The molecule has 3 nitrogen and oxygen atoms in total. The van der Waals surface area contributed by atoms with E-state index in [1.165, 1.54) is 12.1 Å². The van der Waals surface area contributed by atoms with Gasteiger partial charge in [-0.05, 0) is 43.5 Å². The van der Waals surface area contributed by atoms with E-state index in [9.17, 15) is 9.18 Å². The molecular formula is C16H26ClFN2O. The van der Waals surface area contributed by atoms with Crippen molar-refractivity contribution in [3.05, 3.63) is 35.6 Å². The van der Waals surface area contributed by atoms with Gasteiger partial charge in [-0.25, -0.2) is 4.39 Å². The lowest BCUT2D eigenvalue weighted by molar-refractivity contribution is -0.130. The minimum Gasteiger partial charge on any atom is -0.345 e. The van der Waals surface area contributed by atoms with E-state index in [-0.39, 0.29) is 24.1 Å². The maximum atomic E-state index is 12.8. The molecule has 1 aromatic rings. The first-order valence-electron chi connectivity index (χ1n) is 7.32. The van der Waals surface area contributed by atoms with Gasteiger partial charge in [0, 0.05) is 20.0 Å². The fraction of sp³-hybridized carbons (Fsp3) is 0.562. The predicted molar refractivity (Wildman–Crippen MR) is 87.1 cm³/mol. The van der Waals surface area contributed by atoms with Crippen LogP contribution in [0.2, 0.25) is 0 Å². The molecule has 5 heteroatoms. The van der Waals surface area contributed by atoms with Crippen LogP contribution in [0.5, 0.6) is 0 Å². The Labute approximate surface area is 133 Å². The Bertz CT molecular complexity index is 398. The maximum Gasteiger partial charge on any atom is 0.222 e. The lowest BCUT2D eigenvalue weighted by atomic mass is 10.1. The smallest absolute Gasteiger partial charge is 0.222 e. The second kappa shape index (κ2) is 11.5.